The fraction of sp³-hybridized carbons (Fsp3) is 1.00. The molecule has 0 bridgehead atoms. The first-order chi connectivity index (χ1) is 12.7. The Morgan fingerprint density at radius 2 is 0.731 bits per heavy atom. The molecule has 158 valence electrons. The summed E-state index contributed by atoms with van der Waals surface area (Å²) in [5.41, 5.74) is 0. The molecular formula is C23H50O2Si. The second-order valence-electron chi connectivity index (χ2n) is 7.87. The summed E-state index contributed by atoms with van der Waals surface area (Å²) in [5, 5.41) is 0. The van der Waals surface area contributed by atoms with E-state index in [0.29, 0.717) is 0 Å². The van der Waals surface area contributed by atoms with Crippen molar-refractivity contribution in [1.29, 1.82) is 0 Å². The second kappa shape index (κ2) is 19.9. The Bertz CT molecular complexity index is 265. The predicted octanol–water partition coefficient (Wildman–Crippen LogP) is 8.39. The van der Waals surface area contributed by atoms with Gasteiger partial charge in [-0.1, -0.05) is 110 Å². The molecule has 0 radical (unpaired) electrons. The highest BCUT2D eigenvalue weighted by atomic mass is 28.4. The highest BCUT2D eigenvalue weighted by Gasteiger charge is 2.35. The molecule has 2 nitrogen and oxygen atoms in total. The molecule has 0 aliphatic heterocycles. The number of rotatable bonds is 21. The highest BCUT2D eigenvalue weighted by Crippen LogP contribution is 2.26. The smallest absolute Gasteiger partial charge is 0.338 e. The highest BCUT2D eigenvalue weighted by molar-refractivity contribution is 6.67. The maximum Gasteiger partial charge on any atom is 0.338 e. The molecule has 0 aromatic heterocycles. The monoisotopic (exact) mass is 386 g/mol. The van der Waals surface area contributed by atoms with Crippen molar-refractivity contribution in [2.75, 3.05) is 13.2 Å². The van der Waals surface area contributed by atoms with Crippen LogP contribution in [0.3, 0.4) is 0 Å². The van der Waals surface area contributed by atoms with Crippen molar-refractivity contribution in [2.45, 2.75) is 136 Å². The van der Waals surface area contributed by atoms with Crippen LogP contribution in [0, 0.1) is 0 Å². The molecule has 0 N–H and O–H groups in total. The van der Waals surface area contributed by atoms with Crippen LogP contribution in [0.25, 0.3) is 0 Å². The molecule has 0 spiro atoms. The minimum absolute atomic E-state index is 0.819. The van der Waals surface area contributed by atoms with Crippen LogP contribution < -0.4 is 0 Å². The summed E-state index contributed by atoms with van der Waals surface area (Å²) < 4.78 is 12.6. The van der Waals surface area contributed by atoms with Crippen molar-refractivity contribution >= 4 is 8.56 Å². The van der Waals surface area contributed by atoms with Crippen molar-refractivity contribution in [1.82, 2.24) is 0 Å². The first-order valence-electron chi connectivity index (χ1n) is 12.0. The van der Waals surface area contributed by atoms with E-state index in [1.54, 1.807) is 0 Å². The first-order valence-corrected chi connectivity index (χ1v) is 14.3. The Morgan fingerprint density at radius 1 is 0.423 bits per heavy atom. The maximum absolute atomic E-state index is 6.29. The standard InChI is InChI=1S/C23H50O2Si/c1-5-9-11-13-15-16-17-19-21-23-26(24-7-3,25-8-4)22-20-18-14-12-10-6-2/h5-23H2,1-4H3. The van der Waals surface area contributed by atoms with Gasteiger partial charge in [-0.2, -0.15) is 0 Å². The van der Waals surface area contributed by atoms with Gasteiger partial charge in [0, 0.05) is 13.2 Å². The van der Waals surface area contributed by atoms with E-state index in [0.717, 1.165) is 13.2 Å². The summed E-state index contributed by atoms with van der Waals surface area (Å²) in [6, 6.07) is 2.41. The van der Waals surface area contributed by atoms with E-state index in [9.17, 15) is 0 Å². The SMILES string of the molecule is CCCCCCCCCCC[Si](CCCCCCCC)(OCC)OCC. The van der Waals surface area contributed by atoms with Crippen molar-refractivity contribution in [2.24, 2.45) is 0 Å². The van der Waals surface area contributed by atoms with Crippen LogP contribution in [-0.2, 0) is 8.85 Å². The molecule has 0 atom stereocenters. The molecule has 0 heterocycles. The van der Waals surface area contributed by atoms with Gasteiger partial charge < -0.3 is 8.85 Å². The van der Waals surface area contributed by atoms with Gasteiger partial charge >= 0.3 is 8.56 Å². The van der Waals surface area contributed by atoms with Crippen molar-refractivity contribution < 1.29 is 8.85 Å². The molecule has 0 aliphatic rings. The van der Waals surface area contributed by atoms with Gasteiger partial charge in [-0.25, -0.2) is 0 Å². The van der Waals surface area contributed by atoms with E-state index in [1.807, 2.05) is 0 Å². The van der Waals surface area contributed by atoms with Gasteiger partial charge in [0.1, 0.15) is 0 Å². The zero-order valence-electron chi connectivity index (χ0n) is 18.8. The Morgan fingerprint density at radius 3 is 1.04 bits per heavy atom. The average Bonchev–Trinajstić information content (AvgIpc) is 2.64. The quantitative estimate of drug-likeness (QED) is 0.146. The van der Waals surface area contributed by atoms with Gasteiger partial charge in [0.05, 0.1) is 0 Å². The normalized spacial score (nSPS) is 12.0. The molecule has 0 saturated carbocycles. The fourth-order valence-corrected chi connectivity index (χ4v) is 7.40. The van der Waals surface area contributed by atoms with Gasteiger partial charge in [0.25, 0.3) is 0 Å². The topological polar surface area (TPSA) is 18.5 Å². The Balaban J connectivity index is 4.00. The Hall–Kier alpha value is 0.137. The Labute approximate surface area is 167 Å². The van der Waals surface area contributed by atoms with Gasteiger partial charge in [0.2, 0.25) is 0 Å². The summed E-state index contributed by atoms with van der Waals surface area (Å²) in [5.74, 6) is 0. The molecule has 0 fully saturated rings. The van der Waals surface area contributed by atoms with Crippen LogP contribution in [0.4, 0.5) is 0 Å². The van der Waals surface area contributed by atoms with E-state index in [1.165, 1.54) is 108 Å². The summed E-state index contributed by atoms with van der Waals surface area (Å²) in [7, 11) is -1.95. The molecule has 0 amide bonds. The van der Waals surface area contributed by atoms with Crippen molar-refractivity contribution in [3.8, 4) is 0 Å². The summed E-state index contributed by atoms with van der Waals surface area (Å²) in [6.45, 7) is 10.5. The van der Waals surface area contributed by atoms with Crippen LogP contribution in [0.2, 0.25) is 12.1 Å². The molecule has 0 aliphatic carbocycles. The number of hydrogen-bond acceptors (Lipinski definition) is 2. The summed E-state index contributed by atoms with van der Waals surface area (Å²) in [4.78, 5) is 0. The minimum Gasteiger partial charge on any atom is -0.394 e. The lowest BCUT2D eigenvalue weighted by Gasteiger charge is -2.30. The fourth-order valence-electron chi connectivity index (χ4n) is 3.86. The second-order valence-corrected chi connectivity index (χ2v) is 11.3. The zero-order valence-corrected chi connectivity index (χ0v) is 19.8. The number of hydrogen-bond donors (Lipinski definition) is 0. The maximum atomic E-state index is 6.29. The third-order valence-corrected chi connectivity index (χ3v) is 9.25. The largest absolute Gasteiger partial charge is 0.394 e. The van der Waals surface area contributed by atoms with E-state index >= 15 is 0 Å². The lowest BCUT2D eigenvalue weighted by molar-refractivity contribution is 0.180. The van der Waals surface area contributed by atoms with E-state index in [4.69, 9.17) is 8.85 Å². The minimum atomic E-state index is -1.95. The zero-order chi connectivity index (χ0) is 19.3. The summed E-state index contributed by atoms with van der Waals surface area (Å²) in [6.07, 6.45) is 20.7. The van der Waals surface area contributed by atoms with Crippen molar-refractivity contribution in [3.05, 3.63) is 0 Å². The van der Waals surface area contributed by atoms with Crippen LogP contribution in [-0.4, -0.2) is 21.8 Å². The van der Waals surface area contributed by atoms with Gasteiger partial charge in [-0.05, 0) is 25.9 Å². The van der Waals surface area contributed by atoms with Gasteiger partial charge in [-0.15, -0.1) is 0 Å². The predicted molar refractivity (Wildman–Crippen MR) is 119 cm³/mol. The molecular weight excluding hydrogens is 336 g/mol. The summed E-state index contributed by atoms with van der Waals surface area (Å²) >= 11 is 0. The molecule has 0 rings (SSSR count). The molecule has 3 heteroatoms. The number of unbranched alkanes of at least 4 members (excludes halogenated alkanes) is 13. The molecule has 0 aromatic rings. The molecule has 26 heavy (non-hydrogen) atoms. The third-order valence-electron chi connectivity index (χ3n) is 5.39. The third kappa shape index (κ3) is 15.2. The van der Waals surface area contributed by atoms with E-state index < -0.39 is 8.56 Å². The average molecular weight is 387 g/mol. The van der Waals surface area contributed by atoms with Gasteiger partial charge in [0.15, 0.2) is 0 Å². The van der Waals surface area contributed by atoms with E-state index in [2.05, 4.69) is 27.7 Å². The Kier molecular flexibility index (Phi) is 20.0. The van der Waals surface area contributed by atoms with Gasteiger partial charge in [-0.3, -0.25) is 0 Å². The lowest BCUT2D eigenvalue weighted by atomic mass is 10.1. The van der Waals surface area contributed by atoms with Crippen LogP contribution in [0.15, 0.2) is 0 Å². The van der Waals surface area contributed by atoms with Crippen LogP contribution in [0.1, 0.15) is 124 Å². The molecule has 0 saturated heterocycles. The van der Waals surface area contributed by atoms with E-state index in [-0.39, 0.29) is 0 Å². The van der Waals surface area contributed by atoms with Crippen molar-refractivity contribution in [3.63, 3.8) is 0 Å². The first kappa shape index (κ1) is 26.1. The molecule has 0 unspecified atom stereocenters. The lowest BCUT2D eigenvalue weighted by Crippen LogP contribution is -2.42. The van der Waals surface area contributed by atoms with Crippen LogP contribution in [0.5, 0.6) is 0 Å². The van der Waals surface area contributed by atoms with Crippen LogP contribution >= 0.6 is 0 Å². The molecule has 0 aromatic carbocycles.